The molecule has 10 heteroatoms. The van der Waals surface area contributed by atoms with E-state index in [2.05, 4.69) is 0 Å². The number of benzene rings is 2. The number of nitrogens with two attached hydrogens (primary N) is 1. The van der Waals surface area contributed by atoms with Gasteiger partial charge in [-0.05, 0) is 55.0 Å². The third kappa shape index (κ3) is 4.30. The molecule has 2 heterocycles. The molecule has 0 saturated carbocycles. The third-order valence-corrected chi connectivity index (χ3v) is 6.82. The maximum atomic E-state index is 14.2. The monoisotopic (exact) mass is 474 g/mol. The van der Waals surface area contributed by atoms with E-state index < -0.39 is 46.4 Å². The first-order chi connectivity index (χ1) is 16.0. The van der Waals surface area contributed by atoms with Crippen molar-refractivity contribution in [2.24, 2.45) is 11.1 Å². The van der Waals surface area contributed by atoms with Crippen LogP contribution >= 0.6 is 0 Å². The molecule has 2 amide bonds. The molecule has 2 aromatic rings. The Morgan fingerprint density at radius 3 is 2.38 bits per heavy atom. The topological polar surface area (TPSA) is 90.4 Å². The standard InChI is InChI=1S/C24H22F4N4O2/c25-19-4-2-1-3-17(19)22(34)32-14-23(12-20(32)21(30)33)7-9-31(10-8-23)16-6-5-15(13-29)18(11-16)24(26,27)28/h1-6,11,20H,7-10,12,14H2,(H2,30,33). The summed E-state index contributed by atoms with van der Waals surface area (Å²) in [5.41, 5.74) is 3.91. The molecule has 4 rings (SSSR count). The maximum Gasteiger partial charge on any atom is 0.417 e. The van der Waals surface area contributed by atoms with E-state index in [1.165, 1.54) is 35.2 Å². The highest BCUT2D eigenvalue weighted by Crippen LogP contribution is 2.45. The number of hydrogen-bond donors (Lipinski definition) is 1. The van der Waals surface area contributed by atoms with Gasteiger partial charge in [0, 0.05) is 25.3 Å². The zero-order valence-corrected chi connectivity index (χ0v) is 18.1. The smallest absolute Gasteiger partial charge is 0.371 e. The summed E-state index contributed by atoms with van der Waals surface area (Å²) in [4.78, 5) is 28.3. The lowest BCUT2D eigenvalue weighted by atomic mass is 9.76. The van der Waals surface area contributed by atoms with Crippen molar-refractivity contribution in [3.05, 3.63) is 65.0 Å². The molecule has 1 atom stereocenters. The molecule has 34 heavy (non-hydrogen) atoms. The van der Waals surface area contributed by atoms with Crippen LogP contribution in [0.1, 0.15) is 40.7 Å². The molecular formula is C24H22F4N4O2. The van der Waals surface area contributed by atoms with Gasteiger partial charge < -0.3 is 15.5 Å². The SMILES string of the molecule is N#Cc1ccc(N2CCC3(CC2)CC(C(N)=O)N(C(=O)c2ccccc2F)C3)cc1C(F)(F)F. The molecule has 0 aliphatic carbocycles. The van der Waals surface area contributed by atoms with Crippen molar-refractivity contribution in [1.82, 2.24) is 4.90 Å². The number of nitriles is 1. The zero-order valence-electron chi connectivity index (χ0n) is 18.1. The summed E-state index contributed by atoms with van der Waals surface area (Å²) in [6, 6.07) is 9.84. The molecule has 178 valence electrons. The Hall–Kier alpha value is -3.61. The summed E-state index contributed by atoms with van der Waals surface area (Å²) in [5, 5.41) is 9.00. The summed E-state index contributed by atoms with van der Waals surface area (Å²) in [6.07, 6.45) is -3.30. The van der Waals surface area contributed by atoms with E-state index in [1.807, 2.05) is 0 Å². The molecule has 2 N–H and O–H groups in total. The van der Waals surface area contributed by atoms with Crippen molar-refractivity contribution in [2.75, 3.05) is 24.5 Å². The molecule has 2 aromatic carbocycles. The van der Waals surface area contributed by atoms with E-state index in [4.69, 9.17) is 11.0 Å². The van der Waals surface area contributed by atoms with E-state index >= 15 is 0 Å². The van der Waals surface area contributed by atoms with Crippen LogP contribution in [0.2, 0.25) is 0 Å². The van der Waals surface area contributed by atoms with Gasteiger partial charge in [-0.3, -0.25) is 9.59 Å². The molecule has 6 nitrogen and oxygen atoms in total. The highest BCUT2D eigenvalue weighted by atomic mass is 19.4. The van der Waals surface area contributed by atoms with E-state index in [0.717, 1.165) is 12.1 Å². The third-order valence-electron chi connectivity index (χ3n) is 6.82. The van der Waals surface area contributed by atoms with E-state index in [-0.39, 0.29) is 12.1 Å². The number of amides is 2. The number of halogens is 4. The summed E-state index contributed by atoms with van der Waals surface area (Å²) in [7, 11) is 0. The first kappa shape index (κ1) is 23.5. The van der Waals surface area contributed by atoms with Crippen molar-refractivity contribution >= 4 is 17.5 Å². The van der Waals surface area contributed by atoms with E-state index in [0.29, 0.717) is 38.0 Å². The van der Waals surface area contributed by atoms with Crippen molar-refractivity contribution in [3.8, 4) is 6.07 Å². The number of rotatable bonds is 3. The van der Waals surface area contributed by atoms with E-state index in [9.17, 15) is 27.2 Å². The van der Waals surface area contributed by atoms with Gasteiger partial charge in [0.25, 0.3) is 5.91 Å². The lowest BCUT2D eigenvalue weighted by Crippen LogP contribution is -2.44. The Bertz CT molecular complexity index is 1170. The van der Waals surface area contributed by atoms with Gasteiger partial charge in [0.15, 0.2) is 0 Å². The lowest BCUT2D eigenvalue weighted by Gasteiger charge is -2.40. The summed E-state index contributed by atoms with van der Waals surface area (Å²) < 4.78 is 54.2. The van der Waals surface area contributed by atoms with Gasteiger partial charge in [-0.1, -0.05) is 12.1 Å². The van der Waals surface area contributed by atoms with Crippen LogP contribution in [0.4, 0.5) is 23.2 Å². The number of carbonyl (C=O) groups excluding carboxylic acids is 2. The van der Waals surface area contributed by atoms with Crippen LogP contribution in [0, 0.1) is 22.6 Å². The predicted octanol–water partition coefficient (Wildman–Crippen LogP) is 3.70. The van der Waals surface area contributed by atoms with Crippen molar-refractivity contribution in [1.29, 1.82) is 5.26 Å². The molecule has 0 bridgehead atoms. The minimum absolute atomic E-state index is 0.138. The number of alkyl halides is 3. The van der Waals surface area contributed by atoms with Gasteiger partial charge in [-0.2, -0.15) is 18.4 Å². The molecule has 2 saturated heterocycles. The van der Waals surface area contributed by atoms with Crippen LogP contribution < -0.4 is 10.6 Å². The van der Waals surface area contributed by atoms with Crippen LogP contribution in [0.5, 0.6) is 0 Å². The number of primary amides is 1. The molecule has 0 radical (unpaired) electrons. The number of anilines is 1. The van der Waals surface area contributed by atoms with Crippen LogP contribution in [-0.2, 0) is 11.0 Å². The van der Waals surface area contributed by atoms with Gasteiger partial charge in [0.05, 0.1) is 22.8 Å². The first-order valence-corrected chi connectivity index (χ1v) is 10.8. The van der Waals surface area contributed by atoms with Crippen LogP contribution in [0.15, 0.2) is 42.5 Å². The fourth-order valence-electron chi connectivity index (χ4n) is 4.98. The molecule has 1 spiro atoms. The highest BCUT2D eigenvalue weighted by molar-refractivity contribution is 5.98. The molecular weight excluding hydrogens is 452 g/mol. The van der Waals surface area contributed by atoms with Crippen LogP contribution in [-0.4, -0.2) is 42.4 Å². The maximum absolute atomic E-state index is 14.2. The number of nitrogens with zero attached hydrogens (tertiary/aromatic N) is 3. The Balaban J connectivity index is 1.53. The second-order valence-electron chi connectivity index (χ2n) is 8.86. The first-order valence-electron chi connectivity index (χ1n) is 10.8. The second-order valence-corrected chi connectivity index (χ2v) is 8.86. The van der Waals surface area contributed by atoms with Gasteiger partial charge in [0.2, 0.25) is 5.91 Å². The minimum Gasteiger partial charge on any atom is -0.371 e. The quantitative estimate of drug-likeness (QED) is 0.687. The average molecular weight is 474 g/mol. The Kier molecular flexibility index (Phi) is 5.98. The predicted molar refractivity (Wildman–Crippen MR) is 115 cm³/mol. The number of carbonyl (C=O) groups is 2. The van der Waals surface area contributed by atoms with Crippen molar-refractivity contribution in [3.63, 3.8) is 0 Å². The largest absolute Gasteiger partial charge is 0.417 e. The van der Waals surface area contributed by atoms with Gasteiger partial charge in [0.1, 0.15) is 11.9 Å². The van der Waals surface area contributed by atoms with Crippen LogP contribution in [0.25, 0.3) is 0 Å². The fraction of sp³-hybridized carbons (Fsp3) is 0.375. The Morgan fingerprint density at radius 2 is 1.79 bits per heavy atom. The van der Waals surface area contributed by atoms with Crippen molar-refractivity contribution in [2.45, 2.75) is 31.5 Å². The summed E-state index contributed by atoms with van der Waals surface area (Å²) in [5.74, 6) is -1.97. The zero-order chi connectivity index (χ0) is 24.7. The fourth-order valence-corrected chi connectivity index (χ4v) is 4.98. The molecule has 0 aromatic heterocycles. The van der Waals surface area contributed by atoms with Crippen LogP contribution in [0.3, 0.4) is 0 Å². The number of piperidine rings is 1. The van der Waals surface area contributed by atoms with Gasteiger partial charge in [-0.15, -0.1) is 0 Å². The molecule has 2 aliphatic rings. The van der Waals surface area contributed by atoms with Crippen molar-refractivity contribution < 1.29 is 27.2 Å². The summed E-state index contributed by atoms with van der Waals surface area (Å²) in [6.45, 7) is 1.01. The van der Waals surface area contributed by atoms with E-state index in [1.54, 1.807) is 11.0 Å². The summed E-state index contributed by atoms with van der Waals surface area (Å²) >= 11 is 0. The second kappa shape index (κ2) is 8.63. The number of hydrogen-bond acceptors (Lipinski definition) is 4. The Labute approximate surface area is 193 Å². The Morgan fingerprint density at radius 1 is 1.12 bits per heavy atom. The lowest BCUT2D eigenvalue weighted by molar-refractivity contribution is -0.137. The highest BCUT2D eigenvalue weighted by Gasteiger charge is 2.49. The minimum atomic E-state index is -4.65. The molecule has 1 unspecified atom stereocenters. The normalized spacial score (nSPS) is 19.8. The molecule has 2 aliphatic heterocycles. The average Bonchev–Trinajstić information content (AvgIpc) is 3.18. The van der Waals surface area contributed by atoms with Gasteiger partial charge >= 0.3 is 6.18 Å². The van der Waals surface area contributed by atoms with Gasteiger partial charge in [-0.25, -0.2) is 4.39 Å². The number of likely N-dealkylation sites (tertiary alicyclic amines) is 1. The molecule has 2 fully saturated rings.